The summed E-state index contributed by atoms with van der Waals surface area (Å²) < 4.78 is 11.1. The van der Waals surface area contributed by atoms with E-state index in [2.05, 4.69) is 0 Å². The molecule has 0 aliphatic heterocycles. The molecule has 1 heterocycles. The summed E-state index contributed by atoms with van der Waals surface area (Å²) in [6.45, 7) is 3.68. The first-order valence-electron chi connectivity index (χ1n) is 6.39. The number of carbonyl (C=O) groups is 1. The summed E-state index contributed by atoms with van der Waals surface area (Å²) in [5.41, 5.74) is -0.381. The fraction of sp³-hybridized carbons (Fsp3) is 0.357. The molecule has 0 amide bonds. The maximum atomic E-state index is 11.9. The molecule has 2 rings (SSSR count). The quantitative estimate of drug-likeness (QED) is 0.627. The third-order valence-electron chi connectivity index (χ3n) is 2.89. The molecule has 0 atom stereocenters. The first kappa shape index (κ1) is 14.0. The van der Waals surface area contributed by atoms with Gasteiger partial charge in [0, 0.05) is 13.5 Å². The molecule has 6 heteroatoms. The van der Waals surface area contributed by atoms with E-state index in [1.807, 2.05) is 6.92 Å². The minimum atomic E-state index is -0.797. The highest BCUT2D eigenvalue weighted by Crippen LogP contribution is 2.21. The number of aromatic nitrogens is 1. The Morgan fingerprint density at radius 2 is 2.10 bits per heavy atom. The van der Waals surface area contributed by atoms with Gasteiger partial charge in [0.2, 0.25) is 0 Å². The van der Waals surface area contributed by atoms with Crippen molar-refractivity contribution < 1.29 is 13.9 Å². The van der Waals surface area contributed by atoms with Gasteiger partial charge in [0.15, 0.2) is 0 Å². The van der Waals surface area contributed by atoms with Crippen LogP contribution < -0.4 is 16.1 Å². The zero-order valence-corrected chi connectivity index (χ0v) is 11.3. The van der Waals surface area contributed by atoms with Crippen molar-refractivity contribution in [1.82, 2.24) is 4.57 Å². The Hall–Kier alpha value is -2.37. The molecule has 1 aromatic carbocycles. The molecule has 106 valence electrons. The predicted octanol–water partition coefficient (Wildman–Crippen LogP) is 1.68. The number of ether oxygens (including phenoxy) is 1. The van der Waals surface area contributed by atoms with Crippen LogP contribution in [0.3, 0.4) is 0 Å². The van der Waals surface area contributed by atoms with Crippen LogP contribution in [0, 0.1) is 0 Å². The van der Waals surface area contributed by atoms with Crippen LogP contribution in [-0.4, -0.2) is 10.5 Å². The monoisotopic (exact) mass is 277 g/mol. The van der Waals surface area contributed by atoms with Gasteiger partial charge in [0.05, 0.1) is 5.52 Å². The molecule has 1 aromatic heterocycles. The van der Waals surface area contributed by atoms with Gasteiger partial charge in [0.1, 0.15) is 11.1 Å². The normalized spacial score (nSPS) is 10.7. The van der Waals surface area contributed by atoms with E-state index in [-0.39, 0.29) is 11.1 Å². The van der Waals surface area contributed by atoms with Crippen molar-refractivity contribution in [1.29, 1.82) is 0 Å². The SMILES string of the molecule is CCCCn1c(=O)oc(=O)c2c(OC(C)=O)cccc21. The Bertz CT molecular complexity index is 756. The number of hydrogen-bond donors (Lipinski definition) is 0. The second-order valence-corrected chi connectivity index (χ2v) is 4.40. The van der Waals surface area contributed by atoms with Crippen LogP contribution in [0.2, 0.25) is 0 Å². The second kappa shape index (κ2) is 5.73. The Morgan fingerprint density at radius 1 is 1.35 bits per heavy atom. The van der Waals surface area contributed by atoms with Crippen LogP contribution >= 0.6 is 0 Å². The number of unbranched alkanes of at least 4 members (excludes halogenated alkanes) is 1. The molecule has 0 aliphatic carbocycles. The first-order valence-corrected chi connectivity index (χ1v) is 6.39. The molecule has 6 nitrogen and oxygen atoms in total. The third kappa shape index (κ3) is 2.64. The lowest BCUT2D eigenvalue weighted by molar-refractivity contribution is -0.131. The molecule has 0 spiro atoms. The van der Waals surface area contributed by atoms with Crippen molar-refractivity contribution in [3.05, 3.63) is 39.2 Å². The van der Waals surface area contributed by atoms with Gasteiger partial charge < -0.3 is 9.15 Å². The van der Waals surface area contributed by atoms with Crippen LogP contribution in [0.1, 0.15) is 26.7 Å². The van der Waals surface area contributed by atoms with E-state index in [0.717, 1.165) is 12.8 Å². The van der Waals surface area contributed by atoms with E-state index >= 15 is 0 Å². The molecule has 0 unspecified atom stereocenters. The Morgan fingerprint density at radius 3 is 2.75 bits per heavy atom. The number of rotatable bonds is 4. The van der Waals surface area contributed by atoms with Gasteiger partial charge >= 0.3 is 17.4 Å². The predicted molar refractivity (Wildman–Crippen MR) is 73.0 cm³/mol. The third-order valence-corrected chi connectivity index (χ3v) is 2.89. The van der Waals surface area contributed by atoms with Crippen molar-refractivity contribution in [2.45, 2.75) is 33.2 Å². The first-order chi connectivity index (χ1) is 9.54. The van der Waals surface area contributed by atoms with Gasteiger partial charge in [-0.1, -0.05) is 19.4 Å². The average Bonchev–Trinajstić information content (AvgIpc) is 2.37. The standard InChI is InChI=1S/C14H15NO5/c1-3-4-8-15-10-6-5-7-11(19-9(2)16)12(10)13(17)20-14(15)18/h5-7H,3-4,8H2,1-2H3. The number of esters is 1. The molecule has 2 aromatic rings. The van der Waals surface area contributed by atoms with Crippen LogP contribution in [0.25, 0.3) is 10.9 Å². The molecule has 0 radical (unpaired) electrons. The number of aryl methyl sites for hydroxylation is 1. The second-order valence-electron chi connectivity index (χ2n) is 4.40. The van der Waals surface area contributed by atoms with Gasteiger partial charge in [-0.25, -0.2) is 9.59 Å². The fourth-order valence-electron chi connectivity index (χ4n) is 2.00. The van der Waals surface area contributed by atoms with E-state index < -0.39 is 17.4 Å². The minimum absolute atomic E-state index is 0.106. The number of carbonyl (C=O) groups excluding carboxylic acids is 1. The van der Waals surface area contributed by atoms with Crippen molar-refractivity contribution >= 4 is 16.9 Å². The maximum absolute atomic E-state index is 11.9. The Labute approximate surface area is 114 Å². The van der Waals surface area contributed by atoms with Gasteiger partial charge in [0.25, 0.3) is 0 Å². The minimum Gasteiger partial charge on any atom is -0.426 e. The lowest BCUT2D eigenvalue weighted by Gasteiger charge is -2.10. The Kier molecular flexibility index (Phi) is 4.02. The molecule has 0 aliphatic rings. The number of fused-ring (bicyclic) bond motifs is 1. The van der Waals surface area contributed by atoms with Gasteiger partial charge in [-0.3, -0.25) is 9.36 Å². The molecule has 0 N–H and O–H groups in total. The summed E-state index contributed by atoms with van der Waals surface area (Å²) in [5, 5.41) is 0.110. The largest absolute Gasteiger partial charge is 0.426 e. The van der Waals surface area contributed by atoms with Crippen molar-refractivity contribution in [3.8, 4) is 5.75 Å². The van der Waals surface area contributed by atoms with Crippen molar-refractivity contribution in [3.63, 3.8) is 0 Å². The summed E-state index contributed by atoms with van der Waals surface area (Å²) in [6, 6.07) is 4.76. The summed E-state index contributed by atoms with van der Waals surface area (Å²) in [5.74, 6) is -1.13. The highest BCUT2D eigenvalue weighted by Gasteiger charge is 2.14. The summed E-state index contributed by atoms with van der Waals surface area (Å²) in [4.78, 5) is 34.7. The fourth-order valence-corrected chi connectivity index (χ4v) is 2.00. The molecule has 0 fully saturated rings. The van der Waals surface area contributed by atoms with Crippen LogP contribution in [0.15, 0.2) is 32.2 Å². The van der Waals surface area contributed by atoms with E-state index in [4.69, 9.17) is 9.15 Å². The van der Waals surface area contributed by atoms with Gasteiger partial charge in [-0.2, -0.15) is 0 Å². The maximum Gasteiger partial charge on any atom is 0.422 e. The smallest absolute Gasteiger partial charge is 0.422 e. The topological polar surface area (TPSA) is 78.5 Å². The molecule has 0 bridgehead atoms. The highest BCUT2D eigenvalue weighted by atomic mass is 16.5. The molecular formula is C14H15NO5. The molecule has 20 heavy (non-hydrogen) atoms. The number of benzene rings is 1. The summed E-state index contributed by atoms with van der Waals surface area (Å²) >= 11 is 0. The summed E-state index contributed by atoms with van der Waals surface area (Å²) in [7, 11) is 0. The lowest BCUT2D eigenvalue weighted by atomic mass is 10.2. The van der Waals surface area contributed by atoms with Crippen molar-refractivity contribution in [2.75, 3.05) is 0 Å². The average molecular weight is 277 g/mol. The Balaban J connectivity index is 2.73. The van der Waals surface area contributed by atoms with E-state index in [9.17, 15) is 14.4 Å². The highest BCUT2D eigenvalue weighted by molar-refractivity contribution is 5.86. The van der Waals surface area contributed by atoms with Crippen LogP contribution in [0.5, 0.6) is 5.75 Å². The van der Waals surface area contributed by atoms with E-state index in [1.54, 1.807) is 12.1 Å². The van der Waals surface area contributed by atoms with Crippen LogP contribution in [-0.2, 0) is 11.3 Å². The van der Waals surface area contributed by atoms with Gasteiger partial charge in [-0.05, 0) is 18.6 Å². The van der Waals surface area contributed by atoms with Gasteiger partial charge in [-0.15, -0.1) is 0 Å². The molecule has 0 saturated heterocycles. The summed E-state index contributed by atoms with van der Waals surface area (Å²) in [6.07, 6.45) is 1.68. The zero-order valence-electron chi connectivity index (χ0n) is 11.3. The number of nitrogens with zero attached hydrogens (tertiary/aromatic N) is 1. The molecular weight excluding hydrogens is 262 g/mol. The lowest BCUT2D eigenvalue weighted by Crippen LogP contribution is -2.25. The molecule has 0 saturated carbocycles. The van der Waals surface area contributed by atoms with Crippen LogP contribution in [0.4, 0.5) is 0 Å². The van der Waals surface area contributed by atoms with E-state index in [0.29, 0.717) is 12.1 Å². The number of hydrogen-bond acceptors (Lipinski definition) is 5. The zero-order chi connectivity index (χ0) is 14.7. The van der Waals surface area contributed by atoms with Crippen molar-refractivity contribution in [2.24, 2.45) is 0 Å². The van der Waals surface area contributed by atoms with E-state index in [1.165, 1.54) is 17.6 Å².